The molecular weight excluding hydrogens is 212 g/mol. The van der Waals surface area contributed by atoms with Gasteiger partial charge in [0.05, 0.1) is 11.0 Å². The quantitative estimate of drug-likeness (QED) is 0.446. The highest BCUT2D eigenvalue weighted by molar-refractivity contribution is 6.01. The first-order valence-electron chi connectivity index (χ1n) is 5.38. The fourth-order valence-corrected chi connectivity index (χ4v) is 1.66. The first-order chi connectivity index (χ1) is 8.40. The Morgan fingerprint density at radius 2 is 1.47 bits per heavy atom. The van der Waals surface area contributed by atoms with E-state index in [1.165, 1.54) is 0 Å². The van der Waals surface area contributed by atoms with Crippen LogP contribution in [-0.4, -0.2) is 5.71 Å². The average molecular weight is 224 g/mol. The summed E-state index contributed by atoms with van der Waals surface area (Å²) in [5, 5.41) is 6.32. The van der Waals surface area contributed by atoms with Crippen LogP contribution in [0.25, 0.3) is 0 Å². The molecule has 2 aromatic rings. The van der Waals surface area contributed by atoms with Gasteiger partial charge < -0.3 is 0 Å². The van der Waals surface area contributed by atoms with Gasteiger partial charge in [-0.05, 0) is 11.1 Å². The Hall–Kier alpha value is -2.29. The highest BCUT2D eigenvalue weighted by Gasteiger charge is 2.04. The van der Waals surface area contributed by atoms with Crippen molar-refractivity contribution in [3.8, 4) is 0 Å². The van der Waals surface area contributed by atoms with E-state index in [9.17, 15) is 4.91 Å². The maximum absolute atomic E-state index is 10.3. The summed E-state index contributed by atoms with van der Waals surface area (Å²) in [7, 11) is 0. The van der Waals surface area contributed by atoms with Crippen molar-refractivity contribution in [1.29, 1.82) is 0 Å². The van der Waals surface area contributed by atoms with E-state index in [2.05, 4.69) is 10.4 Å². The SMILES string of the molecule is O=N/N=C(/Cc1ccccc1)c1ccccc1. The molecule has 0 saturated carbocycles. The average Bonchev–Trinajstić information content (AvgIpc) is 2.40. The number of hydrogen-bond donors (Lipinski definition) is 0. The van der Waals surface area contributed by atoms with E-state index in [0.717, 1.165) is 11.1 Å². The topological polar surface area (TPSA) is 41.8 Å². The Kier molecular flexibility index (Phi) is 3.76. The molecule has 0 bridgehead atoms. The van der Waals surface area contributed by atoms with Crippen molar-refractivity contribution in [3.63, 3.8) is 0 Å². The molecule has 2 rings (SSSR count). The van der Waals surface area contributed by atoms with E-state index in [4.69, 9.17) is 0 Å². The molecule has 0 spiro atoms. The minimum atomic E-state index is 0.608. The van der Waals surface area contributed by atoms with E-state index in [1.807, 2.05) is 60.7 Å². The van der Waals surface area contributed by atoms with Gasteiger partial charge >= 0.3 is 0 Å². The van der Waals surface area contributed by atoms with Gasteiger partial charge in [-0.15, -0.1) is 10.0 Å². The van der Waals surface area contributed by atoms with Crippen LogP contribution in [-0.2, 0) is 6.42 Å². The maximum Gasteiger partial charge on any atom is 0.0800 e. The van der Waals surface area contributed by atoms with Gasteiger partial charge in [-0.1, -0.05) is 60.7 Å². The molecule has 0 N–H and O–H groups in total. The largest absolute Gasteiger partial charge is 0.123 e. The van der Waals surface area contributed by atoms with E-state index in [0.29, 0.717) is 12.1 Å². The first-order valence-corrected chi connectivity index (χ1v) is 5.38. The summed E-state index contributed by atoms with van der Waals surface area (Å²) in [6, 6.07) is 19.5. The van der Waals surface area contributed by atoms with Gasteiger partial charge in [-0.3, -0.25) is 0 Å². The first kappa shape index (κ1) is 11.2. The van der Waals surface area contributed by atoms with Crippen LogP contribution in [0.3, 0.4) is 0 Å². The molecule has 0 aliphatic heterocycles. The number of nitroso groups, excluding NO2 is 1. The molecule has 0 amide bonds. The Morgan fingerprint density at radius 1 is 0.882 bits per heavy atom. The lowest BCUT2D eigenvalue weighted by molar-refractivity contribution is 1.17. The van der Waals surface area contributed by atoms with Crippen LogP contribution >= 0.6 is 0 Å². The maximum atomic E-state index is 10.3. The lowest BCUT2D eigenvalue weighted by Crippen LogP contribution is -2.04. The normalized spacial score (nSPS) is 11.2. The molecule has 0 fully saturated rings. The van der Waals surface area contributed by atoms with Gasteiger partial charge in [-0.2, -0.15) is 0 Å². The smallest absolute Gasteiger partial charge is 0.0800 e. The van der Waals surface area contributed by atoms with Crippen LogP contribution in [0.4, 0.5) is 0 Å². The van der Waals surface area contributed by atoms with Crippen molar-refractivity contribution in [3.05, 3.63) is 76.7 Å². The van der Waals surface area contributed by atoms with Crippen LogP contribution in [0, 0.1) is 4.91 Å². The molecule has 0 atom stereocenters. The van der Waals surface area contributed by atoms with Gasteiger partial charge in [-0.25, -0.2) is 0 Å². The summed E-state index contributed by atoms with van der Waals surface area (Å²) in [4.78, 5) is 10.3. The second kappa shape index (κ2) is 5.70. The number of hydrogen-bond acceptors (Lipinski definition) is 2. The molecule has 2 aromatic carbocycles. The van der Waals surface area contributed by atoms with Crippen molar-refractivity contribution >= 4 is 5.71 Å². The molecule has 0 unspecified atom stereocenters. The summed E-state index contributed by atoms with van der Waals surface area (Å²) >= 11 is 0. The van der Waals surface area contributed by atoms with Crippen molar-refractivity contribution in [1.82, 2.24) is 0 Å². The molecule has 0 radical (unpaired) electrons. The highest BCUT2D eigenvalue weighted by atomic mass is 16.3. The predicted octanol–water partition coefficient (Wildman–Crippen LogP) is 3.40. The number of rotatable bonds is 4. The number of nitrogens with zero attached hydrogens (tertiary/aromatic N) is 2. The zero-order valence-corrected chi connectivity index (χ0v) is 9.28. The molecule has 3 heteroatoms. The summed E-state index contributed by atoms with van der Waals surface area (Å²) in [6.45, 7) is 0. The summed E-state index contributed by atoms with van der Waals surface area (Å²) in [6.07, 6.45) is 0.608. The third-order valence-electron chi connectivity index (χ3n) is 2.48. The Morgan fingerprint density at radius 3 is 2.06 bits per heavy atom. The zero-order valence-electron chi connectivity index (χ0n) is 9.28. The summed E-state index contributed by atoms with van der Waals surface area (Å²) < 4.78 is 0. The van der Waals surface area contributed by atoms with E-state index in [1.54, 1.807) is 0 Å². The van der Waals surface area contributed by atoms with Gasteiger partial charge in [0, 0.05) is 6.42 Å². The second-order valence-electron chi connectivity index (χ2n) is 3.66. The molecule has 0 aromatic heterocycles. The highest BCUT2D eigenvalue weighted by Crippen LogP contribution is 2.08. The van der Waals surface area contributed by atoms with Gasteiger partial charge in [0.25, 0.3) is 0 Å². The monoisotopic (exact) mass is 224 g/mol. The second-order valence-corrected chi connectivity index (χ2v) is 3.66. The van der Waals surface area contributed by atoms with E-state index >= 15 is 0 Å². The molecule has 0 heterocycles. The standard InChI is InChI=1S/C14H12N2O/c17-16-15-14(13-9-5-2-6-10-13)11-12-7-3-1-4-8-12/h1-10H,11H2/b15-14-. The molecular formula is C14H12N2O. The fraction of sp³-hybridized carbons (Fsp3) is 0.0714. The van der Waals surface area contributed by atoms with Gasteiger partial charge in [0.2, 0.25) is 0 Å². The minimum Gasteiger partial charge on any atom is -0.123 e. The lowest BCUT2D eigenvalue weighted by atomic mass is 10.0. The van der Waals surface area contributed by atoms with Crippen LogP contribution in [0.1, 0.15) is 11.1 Å². The number of benzene rings is 2. The molecule has 17 heavy (non-hydrogen) atoms. The van der Waals surface area contributed by atoms with Crippen LogP contribution in [0.5, 0.6) is 0 Å². The van der Waals surface area contributed by atoms with Crippen molar-refractivity contribution in [2.75, 3.05) is 0 Å². The van der Waals surface area contributed by atoms with Crippen molar-refractivity contribution in [2.45, 2.75) is 6.42 Å². The predicted molar refractivity (Wildman–Crippen MR) is 68.9 cm³/mol. The minimum absolute atomic E-state index is 0.608. The summed E-state index contributed by atoms with van der Waals surface area (Å²) in [5.74, 6) is 0. The summed E-state index contributed by atoms with van der Waals surface area (Å²) in [5.41, 5.74) is 2.72. The molecule has 0 aliphatic carbocycles. The Bertz CT molecular complexity index is 506. The van der Waals surface area contributed by atoms with Crippen molar-refractivity contribution < 1.29 is 0 Å². The Labute approximate surface area is 99.8 Å². The fourth-order valence-electron chi connectivity index (χ4n) is 1.66. The van der Waals surface area contributed by atoms with Crippen LogP contribution < -0.4 is 0 Å². The Balaban J connectivity index is 2.26. The lowest BCUT2D eigenvalue weighted by Gasteiger charge is -2.04. The third kappa shape index (κ3) is 3.08. The van der Waals surface area contributed by atoms with Gasteiger partial charge in [0.1, 0.15) is 0 Å². The van der Waals surface area contributed by atoms with Crippen LogP contribution in [0.2, 0.25) is 0 Å². The van der Waals surface area contributed by atoms with Crippen molar-refractivity contribution in [2.24, 2.45) is 10.4 Å². The van der Waals surface area contributed by atoms with E-state index < -0.39 is 0 Å². The van der Waals surface area contributed by atoms with E-state index in [-0.39, 0.29) is 0 Å². The van der Waals surface area contributed by atoms with Gasteiger partial charge in [0.15, 0.2) is 0 Å². The van der Waals surface area contributed by atoms with Crippen LogP contribution in [0.15, 0.2) is 71.1 Å². The third-order valence-corrected chi connectivity index (χ3v) is 2.48. The molecule has 3 nitrogen and oxygen atoms in total. The molecule has 0 saturated heterocycles. The zero-order chi connectivity index (χ0) is 11.9. The molecule has 84 valence electrons. The molecule has 0 aliphatic rings.